The van der Waals surface area contributed by atoms with E-state index in [2.05, 4.69) is 20.0 Å². The molecule has 0 aliphatic carbocycles. The van der Waals surface area contributed by atoms with Crippen molar-refractivity contribution in [2.24, 2.45) is 18.7 Å². The van der Waals surface area contributed by atoms with Crippen LogP contribution in [0.2, 0.25) is 0 Å². The minimum atomic E-state index is -0.302. The van der Waals surface area contributed by atoms with Crippen LogP contribution in [0, 0.1) is 5.92 Å². The molecule has 0 radical (unpaired) electrons. The van der Waals surface area contributed by atoms with Crippen LogP contribution in [0.3, 0.4) is 0 Å². The van der Waals surface area contributed by atoms with Crippen molar-refractivity contribution in [1.29, 1.82) is 0 Å². The Morgan fingerprint density at radius 1 is 1.11 bits per heavy atom. The zero-order valence-corrected chi connectivity index (χ0v) is 16.2. The van der Waals surface area contributed by atoms with Gasteiger partial charge in [-0.05, 0) is 5.56 Å². The van der Waals surface area contributed by atoms with Crippen LogP contribution in [-0.2, 0) is 11.8 Å². The van der Waals surface area contributed by atoms with Gasteiger partial charge in [0.25, 0.3) is 0 Å². The Bertz CT molecular complexity index is 963. The molecule has 3 heterocycles. The van der Waals surface area contributed by atoms with E-state index in [9.17, 15) is 4.79 Å². The first-order valence-electron chi connectivity index (χ1n) is 9.53. The van der Waals surface area contributed by atoms with Gasteiger partial charge in [-0.15, -0.1) is 0 Å². The maximum absolute atomic E-state index is 13.0. The first-order valence-corrected chi connectivity index (χ1v) is 9.53. The highest BCUT2D eigenvalue weighted by molar-refractivity contribution is 5.87. The van der Waals surface area contributed by atoms with Gasteiger partial charge in [0.1, 0.15) is 12.1 Å². The van der Waals surface area contributed by atoms with Gasteiger partial charge in [0.2, 0.25) is 5.91 Å². The molecule has 1 saturated heterocycles. The van der Waals surface area contributed by atoms with E-state index < -0.39 is 0 Å². The average molecular weight is 379 g/mol. The van der Waals surface area contributed by atoms with Crippen molar-refractivity contribution in [1.82, 2.24) is 24.6 Å². The Balaban J connectivity index is 1.43. The van der Waals surface area contributed by atoms with Gasteiger partial charge >= 0.3 is 0 Å². The van der Waals surface area contributed by atoms with Crippen molar-refractivity contribution in [2.45, 2.75) is 13.0 Å². The summed E-state index contributed by atoms with van der Waals surface area (Å²) in [6.07, 6.45) is 3.36. The number of nitrogens with zero attached hydrogens (tertiary/aromatic N) is 6. The Labute approximate surface area is 164 Å². The summed E-state index contributed by atoms with van der Waals surface area (Å²) in [5.74, 6) is 0.711. The van der Waals surface area contributed by atoms with Gasteiger partial charge in [0, 0.05) is 39.3 Å². The standard InChI is InChI=1S/C20H25N7O/c1-14(17(21)15-6-4-3-5-7-15)20(28)27-10-8-26(9-11-27)19-16-12-24-25(2)18(16)22-13-23-19/h3-7,12-14,17H,8-11,21H2,1-2H3. The van der Waals surface area contributed by atoms with E-state index in [1.54, 1.807) is 17.2 Å². The van der Waals surface area contributed by atoms with Crippen LogP contribution >= 0.6 is 0 Å². The number of aromatic nitrogens is 4. The Morgan fingerprint density at radius 2 is 1.82 bits per heavy atom. The number of aryl methyl sites for hydroxylation is 1. The summed E-state index contributed by atoms with van der Waals surface area (Å²) in [4.78, 5) is 25.8. The highest BCUT2D eigenvalue weighted by atomic mass is 16.2. The van der Waals surface area contributed by atoms with Crippen LogP contribution in [0.4, 0.5) is 5.82 Å². The number of amides is 1. The molecule has 0 saturated carbocycles. The fourth-order valence-corrected chi connectivity index (χ4v) is 3.75. The van der Waals surface area contributed by atoms with E-state index in [1.165, 1.54) is 0 Å². The SMILES string of the molecule is CC(C(=O)N1CCN(c2ncnc3c2cnn3C)CC1)C(N)c1ccccc1. The molecule has 2 N–H and O–H groups in total. The van der Waals surface area contributed by atoms with Gasteiger partial charge in [-0.1, -0.05) is 37.3 Å². The molecule has 2 unspecified atom stereocenters. The van der Waals surface area contributed by atoms with Crippen molar-refractivity contribution < 1.29 is 4.79 Å². The molecule has 4 rings (SSSR count). The quantitative estimate of drug-likeness (QED) is 0.735. The first kappa shape index (κ1) is 18.4. The maximum atomic E-state index is 13.0. The van der Waals surface area contributed by atoms with Gasteiger partial charge in [-0.25, -0.2) is 9.97 Å². The maximum Gasteiger partial charge on any atom is 0.227 e. The third kappa shape index (κ3) is 3.31. The van der Waals surface area contributed by atoms with E-state index in [4.69, 9.17) is 5.73 Å². The van der Waals surface area contributed by atoms with Gasteiger partial charge in [-0.2, -0.15) is 5.10 Å². The number of hydrogen-bond donors (Lipinski definition) is 1. The summed E-state index contributed by atoms with van der Waals surface area (Å²) >= 11 is 0. The number of anilines is 1. The van der Waals surface area contributed by atoms with Crippen molar-refractivity contribution in [3.63, 3.8) is 0 Å². The lowest BCUT2D eigenvalue weighted by molar-refractivity contribution is -0.136. The Morgan fingerprint density at radius 3 is 2.54 bits per heavy atom. The fourth-order valence-electron chi connectivity index (χ4n) is 3.75. The lowest BCUT2D eigenvalue weighted by Gasteiger charge is -2.37. The van der Waals surface area contributed by atoms with Crippen LogP contribution in [0.1, 0.15) is 18.5 Å². The predicted octanol–water partition coefficient (Wildman–Crippen LogP) is 1.35. The molecule has 2 atom stereocenters. The Kier molecular flexibility index (Phi) is 4.95. The highest BCUT2D eigenvalue weighted by Gasteiger charge is 2.30. The molecule has 0 spiro atoms. The largest absolute Gasteiger partial charge is 0.352 e. The number of benzene rings is 1. The molecule has 28 heavy (non-hydrogen) atoms. The van der Waals surface area contributed by atoms with Crippen LogP contribution in [0.5, 0.6) is 0 Å². The third-order valence-corrected chi connectivity index (χ3v) is 5.51. The molecule has 1 amide bonds. The number of fused-ring (bicyclic) bond motifs is 1. The lowest BCUT2D eigenvalue weighted by atomic mass is 9.94. The molecule has 1 aliphatic heterocycles. The molecule has 0 bridgehead atoms. The topological polar surface area (TPSA) is 93.2 Å². The van der Waals surface area contributed by atoms with Crippen LogP contribution in [0.25, 0.3) is 11.0 Å². The van der Waals surface area contributed by atoms with Crippen LogP contribution < -0.4 is 10.6 Å². The molecular weight excluding hydrogens is 354 g/mol. The molecule has 146 valence electrons. The predicted molar refractivity (Wildman–Crippen MR) is 108 cm³/mol. The average Bonchev–Trinajstić information content (AvgIpc) is 3.14. The minimum Gasteiger partial charge on any atom is -0.352 e. The Hall–Kier alpha value is -3.00. The number of rotatable bonds is 4. The van der Waals surface area contributed by atoms with Gasteiger partial charge in [0.15, 0.2) is 5.65 Å². The molecule has 3 aromatic rings. The van der Waals surface area contributed by atoms with Crippen molar-refractivity contribution in [3.05, 3.63) is 48.4 Å². The molecular formula is C20H25N7O. The zero-order valence-electron chi connectivity index (χ0n) is 16.2. The number of carbonyl (C=O) groups excluding carboxylic acids is 1. The number of hydrogen-bond acceptors (Lipinski definition) is 6. The monoisotopic (exact) mass is 379 g/mol. The number of carbonyl (C=O) groups is 1. The van der Waals surface area contributed by atoms with Crippen molar-refractivity contribution in [3.8, 4) is 0 Å². The summed E-state index contributed by atoms with van der Waals surface area (Å²) < 4.78 is 1.74. The van der Waals surface area contributed by atoms with Crippen molar-refractivity contribution >= 4 is 22.8 Å². The first-order chi connectivity index (χ1) is 13.6. The summed E-state index contributed by atoms with van der Waals surface area (Å²) in [6, 6.07) is 9.50. The molecule has 1 aliphatic rings. The molecule has 2 aromatic heterocycles. The lowest BCUT2D eigenvalue weighted by Crippen LogP contribution is -2.51. The summed E-state index contributed by atoms with van der Waals surface area (Å²) in [6.45, 7) is 4.66. The fraction of sp³-hybridized carbons (Fsp3) is 0.400. The second-order valence-corrected chi connectivity index (χ2v) is 7.24. The number of nitrogens with two attached hydrogens (primary N) is 1. The normalized spacial score (nSPS) is 17.0. The molecule has 8 nitrogen and oxygen atoms in total. The van der Waals surface area contributed by atoms with Gasteiger partial charge in [0.05, 0.1) is 17.5 Å². The molecule has 1 aromatic carbocycles. The highest BCUT2D eigenvalue weighted by Crippen LogP contribution is 2.25. The summed E-state index contributed by atoms with van der Waals surface area (Å²) in [7, 11) is 1.87. The number of piperazine rings is 1. The van der Waals surface area contributed by atoms with E-state index >= 15 is 0 Å². The summed E-state index contributed by atoms with van der Waals surface area (Å²) in [5.41, 5.74) is 8.14. The molecule has 8 heteroatoms. The molecule has 1 fully saturated rings. The second-order valence-electron chi connectivity index (χ2n) is 7.24. The van der Waals surface area contributed by atoms with Crippen LogP contribution in [0.15, 0.2) is 42.9 Å². The van der Waals surface area contributed by atoms with E-state index in [0.29, 0.717) is 13.1 Å². The zero-order chi connectivity index (χ0) is 19.7. The van der Waals surface area contributed by atoms with Crippen LogP contribution in [-0.4, -0.2) is 56.7 Å². The van der Waals surface area contributed by atoms with Crippen molar-refractivity contribution in [2.75, 3.05) is 31.1 Å². The minimum absolute atomic E-state index is 0.102. The smallest absolute Gasteiger partial charge is 0.227 e. The van der Waals surface area contributed by atoms with Gasteiger partial charge < -0.3 is 15.5 Å². The van der Waals surface area contributed by atoms with E-state index in [1.807, 2.05) is 49.2 Å². The second kappa shape index (κ2) is 7.55. The van der Waals surface area contributed by atoms with E-state index in [-0.39, 0.29) is 17.9 Å². The van der Waals surface area contributed by atoms with Gasteiger partial charge in [-0.3, -0.25) is 9.48 Å². The third-order valence-electron chi connectivity index (χ3n) is 5.51. The van der Waals surface area contributed by atoms with E-state index in [0.717, 1.165) is 35.5 Å². The summed E-state index contributed by atoms with van der Waals surface area (Å²) in [5, 5.41) is 5.21.